The van der Waals surface area contributed by atoms with Crippen LogP contribution in [0.5, 0.6) is 0 Å². The number of hydrogen-bond donors (Lipinski definition) is 1. The minimum atomic E-state index is 0.547. The molecule has 19 heavy (non-hydrogen) atoms. The average Bonchev–Trinajstić information content (AvgIpc) is 2.42. The van der Waals surface area contributed by atoms with Gasteiger partial charge in [-0.15, -0.1) is 0 Å². The Bertz CT molecular complexity index is 580. The van der Waals surface area contributed by atoms with Crippen molar-refractivity contribution in [3.63, 3.8) is 0 Å². The highest BCUT2D eigenvalue weighted by molar-refractivity contribution is 6.35. The van der Waals surface area contributed by atoms with E-state index in [-0.39, 0.29) is 0 Å². The summed E-state index contributed by atoms with van der Waals surface area (Å²) in [5, 5.41) is 1.31. The van der Waals surface area contributed by atoms with Crippen LogP contribution >= 0.6 is 23.2 Å². The molecule has 0 saturated carbocycles. The molecule has 2 aromatic carbocycles. The number of halogens is 2. The fourth-order valence-corrected chi connectivity index (χ4v) is 2.22. The van der Waals surface area contributed by atoms with Crippen LogP contribution in [0.25, 0.3) is 0 Å². The molecule has 0 spiro atoms. The number of aliphatic imine (C=N–C) groups is 1. The Hall–Kier alpha value is -1.51. The first-order valence-corrected chi connectivity index (χ1v) is 6.71. The lowest BCUT2D eigenvalue weighted by molar-refractivity contribution is 0.966. The molecule has 0 amide bonds. The summed E-state index contributed by atoms with van der Waals surface area (Å²) in [7, 11) is 0. The van der Waals surface area contributed by atoms with E-state index in [9.17, 15) is 0 Å². The van der Waals surface area contributed by atoms with Gasteiger partial charge in [-0.1, -0.05) is 59.6 Å². The van der Waals surface area contributed by atoms with E-state index in [4.69, 9.17) is 28.9 Å². The standard InChI is InChI=1S/C15H14Cl2N2/c16-13-7-6-11(14(17)10-13)8-9-19-15(18)12-4-2-1-3-5-12/h1-7,10H,8-9H2,(H2,18,19). The molecule has 2 N–H and O–H groups in total. The van der Waals surface area contributed by atoms with E-state index in [1.807, 2.05) is 42.5 Å². The third-order valence-corrected chi connectivity index (χ3v) is 3.33. The summed E-state index contributed by atoms with van der Waals surface area (Å²) in [6.07, 6.45) is 0.740. The van der Waals surface area contributed by atoms with Gasteiger partial charge in [0.15, 0.2) is 0 Å². The van der Waals surface area contributed by atoms with Crippen LogP contribution in [-0.2, 0) is 6.42 Å². The number of nitrogens with zero attached hydrogens (tertiary/aromatic N) is 1. The molecule has 0 unspecified atom stereocenters. The molecule has 0 saturated heterocycles. The largest absolute Gasteiger partial charge is 0.384 e. The number of benzene rings is 2. The van der Waals surface area contributed by atoms with Crippen molar-refractivity contribution in [2.45, 2.75) is 6.42 Å². The molecule has 0 aliphatic heterocycles. The summed E-state index contributed by atoms with van der Waals surface area (Å²) in [6.45, 7) is 0.599. The zero-order valence-electron chi connectivity index (χ0n) is 10.3. The van der Waals surface area contributed by atoms with Crippen LogP contribution in [0.2, 0.25) is 10.0 Å². The summed E-state index contributed by atoms with van der Waals surface area (Å²) in [6, 6.07) is 15.2. The van der Waals surface area contributed by atoms with Crippen molar-refractivity contribution in [3.05, 3.63) is 69.7 Å². The second kappa shape index (κ2) is 6.60. The predicted octanol–water partition coefficient (Wildman–Crippen LogP) is 3.94. The average molecular weight is 293 g/mol. The van der Waals surface area contributed by atoms with Gasteiger partial charge in [-0.3, -0.25) is 4.99 Å². The van der Waals surface area contributed by atoms with Crippen LogP contribution in [0.3, 0.4) is 0 Å². The maximum Gasteiger partial charge on any atom is 0.125 e. The van der Waals surface area contributed by atoms with E-state index >= 15 is 0 Å². The van der Waals surface area contributed by atoms with Crippen LogP contribution in [0.15, 0.2) is 53.5 Å². The van der Waals surface area contributed by atoms with E-state index in [2.05, 4.69) is 4.99 Å². The molecule has 4 heteroatoms. The maximum atomic E-state index is 6.10. The SMILES string of the molecule is NC(=NCCc1ccc(Cl)cc1Cl)c1ccccc1. The quantitative estimate of drug-likeness (QED) is 0.673. The van der Waals surface area contributed by atoms with E-state index in [1.54, 1.807) is 6.07 Å². The fraction of sp³-hybridized carbons (Fsp3) is 0.133. The van der Waals surface area contributed by atoms with Crippen LogP contribution in [0.4, 0.5) is 0 Å². The Labute approximate surface area is 122 Å². The molecular weight excluding hydrogens is 279 g/mol. The maximum absolute atomic E-state index is 6.10. The first-order valence-electron chi connectivity index (χ1n) is 5.96. The second-order valence-corrected chi connectivity index (χ2v) is 4.96. The van der Waals surface area contributed by atoms with Gasteiger partial charge in [0.05, 0.1) is 0 Å². The van der Waals surface area contributed by atoms with Crippen molar-refractivity contribution in [1.29, 1.82) is 0 Å². The van der Waals surface area contributed by atoms with Crippen LogP contribution in [0.1, 0.15) is 11.1 Å². The van der Waals surface area contributed by atoms with Gasteiger partial charge in [-0.25, -0.2) is 0 Å². The van der Waals surface area contributed by atoms with Gasteiger partial charge in [0.1, 0.15) is 5.84 Å². The van der Waals surface area contributed by atoms with E-state index < -0.39 is 0 Å². The normalized spacial score (nSPS) is 11.6. The zero-order valence-corrected chi connectivity index (χ0v) is 11.8. The molecule has 0 aromatic heterocycles. The van der Waals surface area contributed by atoms with Gasteiger partial charge < -0.3 is 5.73 Å². The Morgan fingerprint density at radius 3 is 2.47 bits per heavy atom. The Balaban J connectivity index is 2.00. The predicted molar refractivity (Wildman–Crippen MR) is 82.2 cm³/mol. The number of nitrogens with two attached hydrogens (primary N) is 1. The van der Waals surface area contributed by atoms with Gasteiger partial charge >= 0.3 is 0 Å². The fourth-order valence-electron chi connectivity index (χ4n) is 1.72. The monoisotopic (exact) mass is 292 g/mol. The van der Waals surface area contributed by atoms with Gasteiger partial charge in [0, 0.05) is 22.2 Å². The molecule has 0 bridgehead atoms. The van der Waals surface area contributed by atoms with Crippen LogP contribution in [-0.4, -0.2) is 12.4 Å². The lowest BCUT2D eigenvalue weighted by Gasteiger charge is -2.04. The molecule has 0 atom stereocenters. The third kappa shape index (κ3) is 3.98. The third-order valence-electron chi connectivity index (χ3n) is 2.75. The lowest BCUT2D eigenvalue weighted by atomic mass is 10.1. The number of rotatable bonds is 4. The molecule has 2 aromatic rings. The van der Waals surface area contributed by atoms with Crippen molar-refractivity contribution in [3.8, 4) is 0 Å². The topological polar surface area (TPSA) is 38.4 Å². The molecule has 0 aliphatic rings. The molecule has 0 radical (unpaired) electrons. The van der Waals surface area contributed by atoms with Gasteiger partial charge in [-0.05, 0) is 24.1 Å². The first kappa shape index (κ1) is 13.9. The van der Waals surface area contributed by atoms with Crippen molar-refractivity contribution in [1.82, 2.24) is 0 Å². The van der Waals surface area contributed by atoms with Crippen molar-refractivity contribution in [2.75, 3.05) is 6.54 Å². The lowest BCUT2D eigenvalue weighted by Crippen LogP contribution is -2.14. The number of hydrogen-bond acceptors (Lipinski definition) is 1. The Morgan fingerprint density at radius 1 is 1.05 bits per heavy atom. The molecule has 0 fully saturated rings. The van der Waals surface area contributed by atoms with Crippen LogP contribution < -0.4 is 5.73 Å². The molecule has 0 heterocycles. The minimum absolute atomic E-state index is 0.547. The summed E-state index contributed by atoms with van der Waals surface area (Å²) < 4.78 is 0. The molecule has 98 valence electrons. The van der Waals surface area contributed by atoms with Crippen LogP contribution in [0, 0.1) is 0 Å². The number of amidine groups is 1. The van der Waals surface area contributed by atoms with E-state index in [0.717, 1.165) is 17.5 Å². The summed E-state index contributed by atoms with van der Waals surface area (Å²) in [4.78, 5) is 4.36. The highest BCUT2D eigenvalue weighted by atomic mass is 35.5. The smallest absolute Gasteiger partial charge is 0.125 e. The van der Waals surface area contributed by atoms with Gasteiger partial charge in [0.2, 0.25) is 0 Å². The van der Waals surface area contributed by atoms with E-state index in [0.29, 0.717) is 22.4 Å². The Morgan fingerprint density at radius 2 is 1.79 bits per heavy atom. The van der Waals surface area contributed by atoms with E-state index in [1.165, 1.54) is 0 Å². The molecule has 2 nitrogen and oxygen atoms in total. The van der Waals surface area contributed by atoms with Crippen molar-refractivity contribution in [2.24, 2.45) is 10.7 Å². The molecule has 2 rings (SSSR count). The molecular formula is C15H14Cl2N2. The minimum Gasteiger partial charge on any atom is -0.384 e. The zero-order chi connectivity index (χ0) is 13.7. The molecule has 0 aliphatic carbocycles. The van der Waals surface area contributed by atoms with Crippen molar-refractivity contribution >= 4 is 29.0 Å². The highest BCUT2D eigenvalue weighted by Gasteiger charge is 2.01. The summed E-state index contributed by atoms with van der Waals surface area (Å²) in [5.74, 6) is 0.547. The van der Waals surface area contributed by atoms with Gasteiger partial charge in [-0.2, -0.15) is 0 Å². The second-order valence-electron chi connectivity index (χ2n) is 4.12. The Kier molecular flexibility index (Phi) is 4.83. The first-order chi connectivity index (χ1) is 9.16. The summed E-state index contributed by atoms with van der Waals surface area (Å²) in [5.41, 5.74) is 7.88. The van der Waals surface area contributed by atoms with Crippen molar-refractivity contribution < 1.29 is 0 Å². The highest BCUT2D eigenvalue weighted by Crippen LogP contribution is 2.21. The summed E-state index contributed by atoms with van der Waals surface area (Å²) >= 11 is 11.9. The van der Waals surface area contributed by atoms with Gasteiger partial charge in [0.25, 0.3) is 0 Å².